The predicted molar refractivity (Wildman–Crippen MR) is 98.9 cm³/mol. The summed E-state index contributed by atoms with van der Waals surface area (Å²) in [5.74, 6) is -1.79. The van der Waals surface area contributed by atoms with Crippen molar-refractivity contribution in [3.05, 3.63) is 57.8 Å². The van der Waals surface area contributed by atoms with Crippen molar-refractivity contribution in [1.82, 2.24) is 15.1 Å². The van der Waals surface area contributed by atoms with E-state index in [9.17, 15) is 24.8 Å². The number of hydrogen-bond acceptors (Lipinski definition) is 6. The Bertz CT molecular complexity index is 857. The standard InChI is InChI=1S/C18H22N4O6/c1-18(2,3)28-17(25)19-14(16(23)24)9-13-11-21(20-15(13)22(26)27)10-12-7-5-4-6-8-12/h4-8,11,14H,9-10H2,1-3H3,(H,19,25)(H,23,24)/t14-/m0/s1. The number of nitro groups is 1. The number of carbonyl (C=O) groups is 2. The van der Waals surface area contributed by atoms with E-state index in [-0.39, 0.29) is 12.0 Å². The molecule has 0 saturated heterocycles. The molecule has 0 unspecified atom stereocenters. The molecule has 0 saturated carbocycles. The molecule has 0 spiro atoms. The summed E-state index contributed by atoms with van der Waals surface area (Å²) >= 11 is 0. The van der Waals surface area contributed by atoms with Gasteiger partial charge in [-0.25, -0.2) is 9.59 Å². The highest BCUT2D eigenvalue weighted by atomic mass is 16.6. The predicted octanol–water partition coefficient (Wildman–Crippen LogP) is 2.36. The fraction of sp³-hybridized carbons (Fsp3) is 0.389. The number of benzene rings is 1. The lowest BCUT2D eigenvalue weighted by Crippen LogP contribution is -2.44. The second-order valence-corrected chi connectivity index (χ2v) is 7.16. The SMILES string of the molecule is CC(C)(C)OC(=O)N[C@@H](Cc1cn(Cc2ccccc2)nc1[N+](=O)[O-])C(=O)O. The highest BCUT2D eigenvalue weighted by Gasteiger charge is 2.29. The van der Waals surface area contributed by atoms with Gasteiger partial charge >= 0.3 is 17.9 Å². The molecule has 2 aromatic rings. The quantitative estimate of drug-likeness (QED) is 0.547. The Hall–Kier alpha value is -3.43. The van der Waals surface area contributed by atoms with Crippen molar-refractivity contribution < 1.29 is 24.4 Å². The van der Waals surface area contributed by atoms with E-state index in [1.165, 1.54) is 10.9 Å². The van der Waals surface area contributed by atoms with Crippen LogP contribution in [0.2, 0.25) is 0 Å². The van der Waals surface area contributed by atoms with Gasteiger partial charge in [0.25, 0.3) is 0 Å². The zero-order valence-corrected chi connectivity index (χ0v) is 15.8. The first-order chi connectivity index (χ1) is 13.0. The zero-order chi connectivity index (χ0) is 20.9. The van der Waals surface area contributed by atoms with Gasteiger partial charge in [0.05, 0.1) is 23.4 Å². The van der Waals surface area contributed by atoms with Gasteiger partial charge in [-0.05, 0) is 31.3 Å². The lowest BCUT2D eigenvalue weighted by Gasteiger charge is -2.21. The van der Waals surface area contributed by atoms with Crippen molar-refractivity contribution in [2.75, 3.05) is 0 Å². The monoisotopic (exact) mass is 390 g/mol. The van der Waals surface area contributed by atoms with Gasteiger partial charge in [-0.15, -0.1) is 0 Å². The molecule has 1 aromatic heterocycles. The van der Waals surface area contributed by atoms with Crippen molar-refractivity contribution in [3.8, 4) is 0 Å². The molecule has 0 radical (unpaired) electrons. The zero-order valence-electron chi connectivity index (χ0n) is 15.8. The third kappa shape index (κ3) is 6.08. The van der Waals surface area contributed by atoms with Gasteiger partial charge in [0.15, 0.2) is 0 Å². The van der Waals surface area contributed by atoms with E-state index < -0.39 is 34.4 Å². The van der Waals surface area contributed by atoms with Crippen LogP contribution in [0.15, 0.2) is 36.5 Å². The molecule has 10 nitrogen and oxygen atoms in total. The molecule has 1 aromatic carbocycles. The minimum absolute atomic E-state index is 0.101. The molecule has 10 heteroatoms. The van der Waals surface area contributed by atoms with Crippen LogP contribution in [-0.2, 0) is 22.5 Å². The second kappa shape index (κ2) is 8.51. The summed E-state index contributed by atoms with van der Waals surface area (Å²) in [4.78, 5) is 34.0. The van der Waals surface area contributed by atoms with E-state index in [2.05, 4.69) is 10.4 Å². The number of alkyl carbamates (subject to hydrolysis) is 1. The van der Waals surface area contributed by atoms with E-state index in [0.717, 1.165) is 5.56 Å². The summed E-state index contributed by atoms with van der Waals surface area (Å²) in [6, 6.07) is 7.80. The molecule has 1 heterocycles. The van der Waals surface area contributed by atoms with Crippen LogP contribution in [0.5, 0.6) is 0 Å². The number of carboxylic acid groups (broad SMARTS) is 1. The summed E-state index contributed by atoms with van der Waals surface area (Å²) < 4.78 is 6.42. The maximum Gasteiger partial charge on any atom is 0.408 e. The summed E-state index contributed by atoms with van der Waals surface area (Å²) in [6.07, 6.45) is 0.191. The van der Waals surface area contributed by atoms with Gasteiger partial charge in [0, 0.05) is 6.42 Å². The lowest BCUT2D eigenvalue weighted by molar-refractivity contribution is -0.390. The van der Waals surface area contributed by atoms with Crippen LogP contribution in [0.1, 0.15) is 31.9 Å². The molecule has 0 aliphatic heterocycles. The number of nitrogens with one attached hydrogen (secondary N) is 1. The van der Waals surface area contributed by atoms with Crippen LogP contribution in [0.3, 0.4) is 0 Å². The largest absolute Gasteiger partial charge is 0.480 e. The summed E-state index contributed by atoms with van der Waals surface area (Å²) in [7, 11) is 0. The minimum Gasteiger partial charge on any atom is -0.480 e. The van der Waals surface area contributed by atoms with Gasteiger partial charge in [-0.3, -0.25) is 0 Å². The summed E-state index contributed by atoms with van der Waals surface area (Å²) in [6.45, 7) is 5.21. The molecule has 0 aliphatic rings. The van der Waals surface area contributed by atoms with Gasteiger partial charge < -0.3 is 25.3 Å². The number of aliphatic carboxylic acids is 1. The smallest absolute Gasteiger partial charge is 0.408 e. The Balaban J connectivity index is 2.20. The fourth-order valence-electron chi connectivity index (χ4n) is 2.47. The van der Waals surface area contributed by atoms with Gasteiger partial charge in [0.2, 0.25) is 0 Å². The number of rotatable bonds is 7. The Morgan fingerprint density at radius 2 is 1.96 bits per heavy atom. The van der Waals surface area contributed by atoms with Gasteiger partial charge in [-0.2, -0.15) is 4.68 Å². The van der Waals surface area contributed by atoms with E-state index in [4.69, 9.17) is 4.74 Å². The maximum absolute atomic E-state index is 11.9. The van der Waals surface area contributed by atoms with E-state index >= 15 is 0 Å². The van der Waals surface area contributed by atoms with Crippen molar-refractivity contribution in [3.63, 3.8) is 0 Å². The molecule has 2 N–H and O–H groups in total. The molecule has 0 bridgehead atoms. The molecule has 1 amide bonds. The first-order valence-electron chi connectivity index (χ1n) is 8.52. The minimum atomic E-state index is -1.40. The Morgan fingerprint density at radius 1 is 1.32 bits per heavy atom. The van der Waals surface area contributed by atoms with Crippen LogP contribution in [0.4, 0.5) is 10.6 Å². The van der Waals surface area contributed by atoms with Gasteiger partial charge in [-0.1, -0.05) is 30.3 Å². The first kappa shape index (κ1) is 20.9. The van der Waals surface area contributed by atoms with Crippen molar-refractivity contribution in [2.24, 2.45) is 0 Å². The number of ether oxygens (including phenoxy) is 1. The second-order valence-electron chi connectivity index (χ2n) is 7.16. The highest BCUT2D eigenvalue weighted by Crippen LogP contribution is 2.19. The van der Waals surface area contributed by atoms with E-state index in [1.54, 1.807) is 20.8 Å². The number of carboxylic acids is 1. The third-order valence-electron chi connectivity index (χ3n) is 3.59. The number of hydrogen-bond donors (Lipinski definition) is 2. The number of nitrogens with zero attached hydrogens (tertiary/aromatic N) is 3. The first-order valence-corrected chi connectivity index (χ1v) is 8.52. The number of amides is 1. The van der Waals surface area contributed by atoms with Crippen LogP contribution >= 0.6 is 0 Å². The van der Waals surface area contributed by atoms with E-state index in [1.807, 2.05) is 30.3 Å². The molecule has 0 fully saturated rings. The lowest BCUT2D eigenvalue weighted by atomic mass is 10.1. The van der Waals surface area contributed by atoms with Crippen molar-refractivity contribution in [1.29, 1.82) is 0 Å². The topological polar surface area (TPSA) is 137 Å². The third-order valence-corrected chi connectivity index (χ3v) is 3.59. The average molecular weight is 390 g/mol. The van der Waals surface area contributed by atoms with E-state index in [0.29, 0.717) is 6.54 Å². The molecular formula is C18H22N4O6. The molecule has 1 atom stereocenters. The number of carbonyl (C=O) groups excluding carboxylic acids is 1. The van der Waals surface area contributed by atoms with Crippen LogP contribution < -0.4 is 5.32 Å². The molecule has 28 heavy (non-hydrogen) atoms. The van der Waals surface area contributed by atoms with Crippen LogP contribution in [-0.4, -0.2) is 43.5 Å². The van der Waals surface area contributed by atoms with Gasteiger partial charge in [0.1, 0.15) is 11.6 Å². The molecule has 2 rings (SSSR count). The van der Waals surface area contributed by atoms with Crippen LogP contribution in [0, 0.1) is 10.1 Å². The molecular weight excluding hydrogens is 368 g/mol. The summed E-state index contributed by atoms with van der Waals surface area (Å²) in [5.41, 5.74) is 0.178. The highest BCUT2D eigenvalue weighted by molar-refractivity contribution is 5.80. The number of aromatic nitrogens is 2. The summed E-state index contributed by atoms with van der Waals surface area (Å²) in [5, 5.41) is 26.9. The maximum atomic E-state index is 11.9. The molecule has 0 aliphatic carbocycles. The fourth-order valence-corrected chi connectivity index (χ4v) is 2.47. The normalized spacial score (nSPS) is 12.2. The Kier molecular flexibility index (Phi) is 6.34. The van der Waals surface area contributed by atoms with Crippen molar-refractivity contribution in [2.45, 2.75) is 45.4 Å². The van der Waals surface area contributed by atoms with Crippen LogP contribution in [0.25, 0.3) is 0 Å². The molecule has 150 valence electrons. The Morgan fingerprint density at radius 3 is 2.50 bits per heavy atom. The van der Waals surface area contributed by atoms with Crippen molar-refractivity contribution >= 4 is 17.9 Å². The average Bonchev–Trinajstić information content (AvgIpc) is 2.96. The Labute approximate surface area is 161 Å².